The van der Waals surface area contributed by atoms with Crippen LogP contribution >= 0.6 is 0 Å². The molecule has 0 aliphatic heterocycles. The molecule has 0 aromatic heterocycles. The largest absolute Gasteiger partial charge is 0.459 e. The summed E-state index contributed by atoms with van der Waals surface area (Å²) in [6.45, 7) is -0.217. The van der Waals surface area contributed by atoms with Crippen molar-refractivity contribution in [1.82, 2.24) is 0 Å². The third-order valence-corrected chi connectivity index (χ3v) is 3.85. The van der Waals surface area contributed by atoms with Crippen molar-refractivity contribution >= 4 is 22.4 Å². The first-order valence-corrected chi connectivity index (χ1v) is 7.96. The Balaban J connectivity index is 1.75. The van der Waals surface area contributed by atoms with E-state index in [0.29, 0.717) is 5.56 Å². The van der Waals surface area contributed by atoms with Crippen LogP contribution in [-0.4, -0.2) is 18.2 Å². The predicted octanol–water partition coefficient (Wildman–Crippen LogP) is 4.93. The van der Waals surface area contributed by atoms with Gasteiger partial charge in [0.1, 0.15) is 6.61 Å². The Kier molecular flexibility index (Phi) is 5.11. The number of benzene rings is 3. The normalized spacial score (nSPS) is 12.6. The molecule has 0 bridgehead atoms. The van der Waals surface area contributed by atoms with Crippen LogP contribution < -0.4 is 5.32 Å². The van der Waals surface area contributed by atoms with Crippen LogP contribution in [0.2, 0.25) is 0 Å². The van der Waals surface area contributed by atoms with Gasteiger partial charge >= 0.3 is 12.1 Å². The van der Waals surface area contributed by atoms with E-state index in [-0.39, 0.29) is 12.3 Å². The molecule has 26 heavy (non-hydrogen) atoms. The highest BCUT2D eigenvalue weighted by Crippen LogP contribution is 2.27. The molecule has 0 spiro atoms. The van der Waals surface area contributed by atoms with Gasteiger partial charge in [0.2, 0.25) is 6.04 Å². The number of rotatable bonds is 5. The average molecular weight is 359 g/mol. The molecule has 6 heteroatoms. The Morgan fingerprint density at radius 1 is 0.923 bits per heavy atom. The van der Waals surface area contributed by atoms with Crippen molar-refractivity contribution in [2.45, 2.75) is 18.8 Å². The number of hydrogen-bond donors (Lipinski definition) is 1. The van der Waals surface area contributed by atoms with Crippen LogP contribution in [0, 0.1) is 0 Å². The summed E-state index contributed by atoms with van der Waals surface area (Å²) in [5.41, 5.74) is 0.815. The lowest BCUT2D eigenvalue weighted by molar-refractivity contribution is -0.177. The number of nitrogens with one attached hydrogen (secondary N) is 1. The molecule has 0 radical (unpaired) electrons. The first-order chi connectivity index (χ1) is 12.4. The predicted molar refractivity (Wildman–Crippen MR) is 93.7 cm³/mol. The van der Waals surface area contributed by atoms with E-state index in [1.807, 2.05) is 12.1 Å². The van der Waals surface area contributed by atoms with Crippen LogP contribution in [0.1, 0.15) is 5.56 Å². The minimum atomic E-state index is -4.78. The Hall–Kier alpha value is -3.02. The van der Waals surface area contributed by atoms with Crippen molar-refractivity contribution < 1.29 is 22.7 Å². The van der Waals surface area contributed by atoms with Gasteiger partial charge in [-0.25, -0.2) is 4.79 Å². The fourth-order valence-electron chi connectivity index (χ4n) is 2.53. The molecule has 3 nitrogen and oxygen atoms in total. The van der Waals surface area contributed by atoms with Gasteiger partial charge in [-0.15, -0.1) is 0 Å². The summed E-state index contributed by atoms with van der Waals surface area (Å²) in [5, 5.41) is 3.92. The highest BCUT2D eigenvalue weighted by molar-refractivity contribution is 5.87. The molecule has 1 N–H and O–H groups in total. The lowest BCUT2D eigenvalue weighted by Crippen LogP contribution is -2.44. The maximum Gasteiger partial charge on any atom is 0.419 e. The number of esters is 1. The molecule has 0 unspecified atom stereocenters. The number of fused-ring (bicyclic) bond motifs is 1. The van der Waals surface area contributed by atoms with Crippen molar-refractivity contribution in [2.75, 3.05) is 5.32 Å². The monoisotopic (exact) mass is 359 g/mol. The molecule has 0 aliphatic carbocycles. The van der Waals surface area contributed by atoms with Crippen molar-refractivity contribution in [2.24, 2.45) is 0 Å². The lowest BCUT2D eigenvalue weighted by atomic mass is 10.1. The number of anilines is 1. The fourth-order valence-corrected chi connectivity index (χ4v) is 2.53. The standard InChI is InChI=1S/C20H16F3NO2/c21-20(22,23)18(19(25)26-13-14-6-2-1-3-7-14)24-17-11-10-15-8-4-5-9-16(15)12-17/h1-12,18,24H,13H2/t18-/m1/s1. The van der Waals surface area contributed by atoms with E-state index in [0.717, 1.165) is 10.8 Å². The molecule has 0 fully saturated rings. The second-order valence-corrected chi connectivity index (χ2v) is 5.77. The number of halogens is 3. The van der Waals surface area contributed by atoms with E-state index in [1.54, 1.807) is 54.6 Å². The van der Waals surface area contributed by atoms with E-state index in [9.17, 15) is 18.0 Å². The highest BCUT2D eigenvalue weighted by Gasteiger charge is 2.46. The molecule has 3 aromatic carbocycles. The number of hydrogen-bond acceptors (Lipinski definition) is 3. The number of alkyl halides is 3. The van der Waals surface area contributed by atoms with Gasteiger partial charge in [0, 0.05) is 5.69 Å². The Labute approximate surface area is 148 Å². The topological polar surface area (TPSA) is 38.3 Å². The molecular formula is C20H16F3NO2. The van der Waals surface area contributed by atoms with Gasteiger partial charge < -0.3 is 10.1 Å². The molecule has 0 heterocycles. The van der Waals surface area contributed by atoms with Crippen LogP contribution in [0.4, 0.5) is 18.9 Å². The van der Waals surface area contributed by atoms with Crippen LogP contribution in [0.15, 0.2) is 72.8 Å². The zero-order chi connectivity index (χ0) is 18.6. The summed E-state index contributed by atoms with van der Waals surface area (Å²) in [5.74, 6) is -1.37. The van der Waals surface area contributed by atoms with Gasteiger partial charge in [0.25, 0.3) is 0 Å². The van der Waals surface area contributed by atoms with Crippen molar-refractivity contribution in [3.05, 3.63) is 78.4 Å². The van der Waals surface area contributed by atoms with Gasteiger partial charge in [-0.3, -0.25) is 0 Å². The fraction of sp³-hybridized carbons (Fsp3) is 0.150. The van der Waals surface area contributed by atoms with Crippen molar-refractivity contribution in [3.8, 4) is 0 Å². The summed E-state index contributed by atoms with van der Waals surface area (Å²) in [4.78, 5) is 12.0. The van der Waals surface area contributed by atoms with Crippen LogP contribution in [-0.2, 0) is 16.1 Å². The zero-order valence-electron chi connectivity index (χ0n) is 13.7. The SMILES string of the molecule is O=C(OCc1ccccc1)[C@@H](Nc1ccc2ccccc2c1)C(F)(F)F. The second-order valence-electron chi connectivity index (χ2n) is 5.77. The van der Waals surface area contributed by atoms with Crippen LogP contribution in [0.25, 0.3) is 10.8 Å². The molecule has 0 aliphatic rings. The summed E-state index contributed by atoms with van der Waals surface area (Å²) >= 11 is 0. The van der Waals surface area contributed by atoms with Gasteiger partial charge in [-0.2, -0.15) is 13.2 Å². The van der Waals surface area contributed by atoms with Gasteiger partial charge in [-0.1, -0.05) is 60.7 Å². The molecule has 0 amide bonds. The zero-order valence-corrected chi connectivity index (χ0v) is 13.7. The Bertz CT molecular complexity index is 894. The minimum absolute atomic E-state index is 0.197. The smallest absolute Gasteiger partial charge is 0.419 e. The van der Waals surface area contributed by atoms with Crippen LogP contribution in [0.3, 0.4) is 0 Å². The van der Waals surface area contributed by atoms with Gasteiger partial charge in [-0.05, 0) is 28.5 Å². The van der Waals surface area contributed by atoms with E-state index in [2.05, 4.69) is 5.32 Å². The maximum atomic E-state index is 13.3. The van der Waals surface area contributed by atoms with Crippen molar-refractivity contribution in [3.63, 3.8) is 0 Å². The molecular weight excluding hydrogens is 343 g/mol. The molecule has 3 rings (SSSR count). The molecule has 0 saturated heterocycles. The second kappa shape index (κ2) is 7.47. The summed E-state index contributed by atoms with van der Waals surface area (Å²) in [7, 11) is 0. The van der Waals surface area contributed by atoms with E-state index < -0.39 is 18.2 Å². The average Bonchev–Trinajstić information content (AvgIpc) is 2.64. The van der Waals surface area contributed by atoms with Crippen molar-refractivity contribution in [1.29, 1.82) is 0 Å². The van der Waals surface area contributed by atoms with E-state index in [1.165, 1.54) is 6.07 Å². The van der Waals surface area contributed by atoms with Gasteiger partial charge in [0.15, 0.2) is 0 Å². The van der Waals surface area contributed by atoms with Gasteiger partial charge in [0.05, 0.1) is 0 Å². The van der Waals surface area contributed by atoms with Crippen LogP contribution in [0.5, 0.6) is 0 Å². The first-order valence-electron chi connectivity index (χ1n) is 7.96. The Morgan fingerprint density at radius 2 is 1.58 bits per heavy atom. The Morgan fingerprint density at radius 3 is 2.27 bits per heavy atom. The highest BCUT2D eigenvalue weighted by atomic mass is 19.4. The number of carbonyl (C=O) groups excluding carboxylic acids is 1. The molecule has 134 valence electrons. The first kappa shape index (κ1) is 17.8. The summed E-state index contributed by atoms with van der Waals surface area (Å²) < 4.78 is 44.9. The minimum Gasteiger partial charge on any atom is -0.459 e. The number of ether oxygens (including phenoxy) is 1. The summed E-state index contributed by atoms with van der Waals surface area (Å²) in [6, 6.07) is 18.2. The maximum absolute atomic E-state index is 13.3. The quantitative estimate of drug-likeness (QED) is 0.657. The molecule has 1 atom stereocenters. The number of carbonyl (C=O) groups is 1. The summed E-state index contributed by atoms with van der Waals surface area (Å²) in [6.07, 6.45) is -4.78. The third kappa shape index (κ3) is 4.33. The third-order valence-electron chi connectivity index (χ3n) is 3.85. The van der Waals surface area contributed by atoms with E-state index >= 15 is 0 Å². The lowest BCUT2D eigenvalue weighted by Gasteiger charge is -2.21. The molecule has 0 saturated carbocycles. The van der Waals surface area contributed by atoms with E-state index in [4.69, 9.17) is 4.74 Å². The molecule has 3 aromatic rings.